The smallest absolute Gasteiger partial charge is 0.255 e. The number of nitrogens with zero attached hydrogens (tertiary/aromatic N) is 3. The SMILES string of the molecule is COc1cc(NC(=O)Cn2c(N3CCc4ccccc4C3)nc(C)cc2=O)cc(OC)c1. The predicted molar refractivity (Wildman–Crippen MR) is 123 cm³/mol. The second kappa shape index (κ2) is 9.13. The van der Waals surface area contributed by atoms with Gasteiger partial charge in [-0.1, -0.05) is 24.3 Å². The molecule has 0 spiro atoms. The molecule has 4 rings (SSSR count). The molecular weight excluding hydrogens is 408 g/mol. The number of benzene rings is 2. The van der Waals surface area contributed by atoms with Gasteiger partial charge in [0.2, 0.25) is 11.9 Å². The Bertz CT molecular complexity index is 1180. The fourth-order valence-electron chi connectivity index (χ4n) is 3.89. The predicted octanol–water partition coefficient (Wildman–Crippen LogP) is 2.77. The maximum atomic E-state index is 12.9. The molecule has 8 nitrogen and oxygen atoms in total. The van der Waals surface area contributed by atoms with E-state index < -0.39 is 0 Å². The molecule has 0 fully saturated rings. The van der Waals surface area contributed by atoms with Crippen LogP contribution in [0.25, 0.3) is 0 Å². The van der Waals surface area contributed by atoms with Crippen molar-refractivity contribution in [2.75, 3.05) is 31.0 Å². The molecule has 3 aromatic rings. The number of methoxy groups -OCH3 is 2. The average molecular weight is 434 g/mol. The lowest BCUT2D eigenvalue weighted by Gasteiger charge is -2.31. The van der Waals surface area contributed by atoms with E-state index in [4.69, 9.17) is 9.47 Å². The zero-order valence-corrected chi connectivity index (χ0v) is 18.4. The van der Waals surface area contributed by atoms with Crippen molar-refractivity contribution < 1.29 is 14.3 Å². The van der Waals surface area contributed by atoms with E-state index in [-0.39, 0.29) is 18.0 Å². The highest BCUT2D eigenvalue weighted by atomic mass is 16.5. The first-order valence-corrected chi connectivity index (χ1v) is 10.4. The number of ether oxygens (including phenoxy) is 2. The van der Waals surface area contributed by atoms with Crippen LogP contribution in [-0.4, -0.2) is 36.2 Å². The van der Waals surface area contributed by atoms with Crippen LogP contribution in [0.2, 0.25) is 0 Å². The van der Waals surface area contributed by atoms with E-state index in [1.807, 2.05) is 12.1 Å². The van der Waals surface area contributed by atoms with Crippen molar-refractivity contribution in [1.29, 1.82) is 0 Å². The molecule has 1 aliphatic heterocycles. The minimum Gasteiger partial charge on any atom is -0.497 e. The molecule has 0 saturated heterocycles. The summed E-state index contributed by atoms with van der Waals surface area (Å²) in [6.45, 7) is 3.00. The third-order valence-corrected chi connectivity index (χ3v) is 5.47. The standard InChI is InChI=1S/C24H26N4O4/c1-16-10-23(30)28(15-22(29)26-19-11-20(31-2)13-21(12-19)32-3)24(25-16)27-9-8-17-6-4-5-7-18(17)14-27/h4-7,10-13H,8-9,14-15H2,1-3H3,(H,26,29). The molecule has 1 aromatic heterocycles. The van der Waals surface area contributed by atoms with Crippen molar-refractivity contribution >= 4 is 17.5 Å². The van der Waals surface area contributed by atoms with Crippen molar-refractivity contribution in [2.45, 2.75) is 26.4 Å². The molecule has 1 N–H and O–H groups in total. The summed E-state index contributed by atoms with van der Waals surface area (Å²) in [5.41, 5.74) is 3.39. The molecule has 0 radical (unpaired) electrons. The van der Waals surface area contributed by atoms with Crippen molar-refractivity contribution in [2.24, 2.45) is 0 Å². The van der Waals surface area contributed by atoms with Gasteiger partial charge in [-0.15, -0.1) is 0 Å². The molecule has 0 saturated carbocycles. The second-order valence-electron chi connectivity index (χ2n) is 7.71. The lowest BCUT2D eigenvalue weighted by molar-refractivity contribution is -0.116. The summed E-state index contributed by atoms with van der Waals surface area (Å²) in [5.74, 6) is 1.28. The zero-order valence-electron chi connectivity index (χ0n) is 18.4. The van der Waals surface area contributed by atoms with Crippen molar-refractivity contribution in [3.63, 3.8) is 0 Å². The summed E-state index contributed by atoms with van der Waals surface area (Å²) >= 11 is 0. The van der Waals surface area contributed by atoms with Crippen LogP contribution in [0.5, 0.6) is 11.5 Å². The highest BCUT2D eigenvalue weighted by molar-refractivity contribution is 5.91. The van der Waals surface area contributed by atoms with Gasteiger partial charge in [0.05, 0.1) is 14.2 Å². The summed E-state index contributed by atoms with van der Waals surface area (Å²) < 4.78 is 11.9. The van der Waals surface area contributed by atoms with Crippen LogP contribution in [0.15, 0.2) is 53.3 Å². The van der Waals surface area contributed by atoms with Gasteiger partial charge in [-0.25, -0.2) is 4.98 Å². The first-order chi connectivity index (χ1) is 15.5. The number of carbonyl (C=O) groups excluding carboxylic acids is 1. The van der Waals surface area contributed by atoms with Gasteiger partial charge in [-0.05, 0) is 24.5 Å². The normalized spacial score (nSPS) is 12.8. The fraction of sp³-hybridized carbons (Fsp3) is 0.292. The van der Waals surface area contributed by atoms with E-state index in [1.165, 1.54) is 21.8 Å². The van der Waals surface area contributed by atoms with Crippen LogP contribution in [0.4, 0.5) is 11.6 Å². The van der Waals surface area contributed by atoms with Gasteiger partial charge in [0.25, 0.3) is 5.56 Å². The Morgan fingerprint density at radius 2 is 1.75 bits per heavy atom. The molecular formula is C24H26N4O4. The zero-order chi connectivity index (χ0) is 22.7. The first-order valence-electron chi connectivity index (χ1n) is 10.4. The third-order valence-electron chi connectivity index (χ3n) is 5.47. The molecule has 1 amide bonds. The van der Waals surface area contributed by atoms with Crippen LogP contribution >= 0.6 is 0 Å². The van der Waals surface area contributed by atoms with Gasteiger partial charge in [0, 0.05) is 48.7 Å². The molecule has 1 aliphatic rings. The fourth-order valence-corrected chi connectivity index (χ4v) is 3.89. The Morgan fingerprint density at radius 3 is 2.44 bits per heavy atom. The molecule has 2 heterocycles. The number of hydrogen-bond acceptors (Lipinski definition) is 6. The van der Waals surface area contributed by atoms with Crippen LogP contribution in [0.3, 0.4) is 0 Å². The highest BCUT2D eigenvalue weighted by Crippen LogP contribution is 2.26. The number of anilines is 2. The highest BCUT2D eigenvalue weighted by Gasteiger charge is 2.22. The number of rotatable bonds is 6. The molecule has 0 unspecified atom stereocenters. The summed E-state index contributed by atoms with van der Waals surface area (Å²) in [6.07, 6.45) is 0.857. The van der Waals surface area contributed by atoms with E-state index >= 15 is 0 Å². The third kappa shape index (κ3) is 4.59. The number of amides is 1. The maximum Gasteiger partial charge on any atom is 0.255 e. The Labute approximate surface area is 186 Å². The number of hydrogen-bond donors (Lipinski definition) is 1. The van der Waals surface area contributed by atoms with Crippen molar-refractivity contribution in [1.82, 2.24) is 9.55 Å². The molecule has 32 heavy (non-hydrogen) atoms. The van der Waals surface area contributed by atoms with Crippen molar-refractivity contribution in [3.05, 3.63) is 75.7 Å². The summed E-state index contributed by atoms with van der Waals surface area (Å²) in [7, 11) is 3.09. The molecule has 8 heteroatoms. The number of aryl methyl sites for hydroxylation is 1. The van der Waals surface area contributed by atoms with E-state index in [0.29, 0.717) is 35.4 Å². The first kappa shape index (κ1) is 21.4. The van der Waals surface area contributed by atoms with E-state index in [9.17, 15) is 9.59 Å². The van der Waals surface area contributed by atoms with Gasteiger partial charge < -0.3 is 19.7 Å². The van der Waals surface area contributed by atoms with Crippen molar-refractivity contribution in [3.8, 4) is 11.5 Å². The number of carbonyl (C=O) groups is 1. The van der Waals surface area contributed by atoms with Crippen LogP contribution in [0.1, 0.15) is 16.8 Å². The van der Waals surface area contributed by atoms with E-state index in [0.717, 1.165) is 13.0 Å². The molecule has 0 bridgehead atoms. The minimum atomic E-state index is -0.341. The Balaban J connectivity index is 1.59. The summed E-state index contributed by atoms with van der Waals surface area (Å²) in [5, 5.41) is 2.82. The number of fused-ring (bicyclic) bond motifs is 1. The Morgan fingerprint density at radius 1 is 1.06 bits per heavy atom. The largest absolute Gasteiger partial charge is 0.497 e. The topological polar surface area (TPSA) is 85.7 Å². The van der Waals surface area contributed by atoms with Crippen LogP contribution < -0.4 is 25.2 Å². The summed E-state index contributed by atoms with van der Waals surface area (Å²) in [6, 6.07) is 14.8. The second-order valence-corrected chi connectivity index (χ2v) is 7.71. The van der Waals surface area contributed by atoms with E-state index in [1.54, 1.807) is 39.3 Å². The lowest BCUT2D eigenvalue weighted by atomic mass is 10.0. The molecule has 0 atom stereocenters. The van der Waals surface area contributed by atoms with Gasteiger partial charge >= 0.3 is 0 Å². The quantitative estimate of drug-likeness (QED) is 0.642. The number of aromatic nitrogens is 2. The van der Waals surface area contributed by atoms with E-state index in [2.05, 4.69) is 27.3 Å². The Hall–Kier alpha value is -3.81. The summed E-state index contributed by atoms with van der Waals surface area (Å²) in [4.78, 5) is 32.3. The minimum absolute atomic E-state index is 0.154. The molecule has 166 valence electrons. The van der Waals surface area contributed by atoms with Crippen LogP contribution in [-0.2, 0) is 24.3 Å². The van der Waals surface area contributed by atoms with Gasteiger partial charge in [0.1, 0.15) is 18.0 Å². The number of nitrogens with one attached hydrogen (secondary N) is 1. The van der Waals surface area contributed by atoms with Gasteiger partial charge in [-0.2, -0.15) is 0 Å². The average Bonchev–Trinajstić information content (AvgIpc) is 2.80. The Kier molecular flexibility index (Phi) is 6.11. The lowest BCUT2D eigenvalue weighted by Crippen LogP contribution is -2.38. The van der Waals surface area contributed by atoms with Gasteiger partial charge in [0.15, 0.2) is 0 Å². The van der Waals surface area contributed by atoms with Gasteiger partial charge in [-0.3, -0.25) is 14.2 Å². The molecule has 2 aromatic carbocycles. The van der Waals surface area contributed by atoms with Crippen LogP contribution in [0, 0.1) is 6.92 Å². The maximum absolute atomic E-state index is 12.9. The molecule has 0 aliphatic carbocycles. The monoisotopic (exact) mass is 434 g/mol.